The number of nitrogen functional groups attached to an aromatic ring is 1. The number of aromatic nitrogens is 2. The third-order valence-corrected chi connectivity index (χ3v) is 2.94. The van der Waals surface area contributed by atoms with E-state index in [0.29, 0.717) is 23.3 Å². The zero-order valence-corrected chi connectivity index (χ0v) is 10.5. The summed E-state index contributed by atoms with van der Waals surface area (Å²) in [4.78, 5) is 4.05. The number of nitrogens with zero attached hydrogens (tertiary/aromatic N) is 2. The molecule has 0 radical (unpaired) electrons. The predicted molar refractivity (Wildman–Crippen MR) is 68.5 cm³/mol. The van der Waals surface area contributed by atoms with Crippen molar-refractivity contribution in [3.05, 3.63) is 40.7 Å². The van der Waals surface area contributed by atoms with Crippen LogP contribution in [0.25, 0.3) is 0 Å². The molecule has 0 fully saturated rings. The van der Waals surface area contributed by atoms with Gasteiger partial charge in [-0.25, -0.2) is 4.98 Å². The number of nitrogens with two attached hydrogens (primary N) is 1. The van der Waals surface area contributed by atoms with Gasteiger partial charge in [0.2, 0.25) is 5.95 Å². The third kappa shape index (κ3) is 2.36. The van der Waals surface area contributed by atoms with Crippen LogP contribution >= 0.6 is 11.6 Å². The second kappa shape index (κ2) is 4.67. The molecule has 0 aliphatic heterocycles. The van der Waals surface area contributed by atoms with Gasteiger partial charge in [0, 0.05) is 5.69 Å². The van der Waals surface area contributed by atoms with Crippen LogP contribution in [-0.2, 0) is 6.54 Å². The normalized spacial score (nSPS) is 10.5. The van der Waals surface area contributed by atoms with Gasteiger partial charge in [0.05, 0.1) is 24.9 Å². The topological polar surface area (TPSA) is 53.1 Å². The molecule has 1 aromatic heterocycles. The van der Waals surface area contributed by atoms with Crippen LogP contribution in [0.3, 0.4) is 0 Å². The molecule has 2 rings (SSSR count). The summed E-state index contributed by atoms with van der Waals surface area (Å²) < 4.78 is 7.04. The quantitative estimate of drug-likeness (QED) is 0.912. The molecule has 0 saturated carbocycles. The number of ether oxygens (including phenoxy) is 1. The number of methoxy groups -OCH3 is 1. The third-order valence-electron chi connectivity index (χ3n) is 2.64. The molecule has 4 nitrogen and oxygen atoms in total. The number of halogens is 1. The average molecular weight is 252 g/mol. The first-order chi connectivity index (χ1) is 8.11. The maximum Gasteiger partial charge on any atom is 0.200 e. The molecule has 0 amide bonds. The Morgan fingerprint density at radius 2 is 2.24 bits per heavy atom. The Balaban J connectivity index is 2.28. The second-order valence-electron chi connectivity index (χ2n) is 3.81. The molecular formula is C12H14ClN3O. The molecule has 1 aromatic carbocycles. The van der Waals surface area contributed by atoms with Crippen LogP contribution in [0.2, 0.25) is 5.02 Å². The summed E-state index contributed by atoms with van der Waals surface area (Å²) in [5, 5.41) is 0.598. The van der Waals surface area contributed by atoms with Gasteiger partial charge in [-0.05, 0) is 24.6 Å². The van der Waals surface area contributed by atoms with E-state index >= 15 is 0 Å². The maximum absolute atomic E-state index is 6.07. The minimum Gasteiger partial charge on any atom is -0.495 e. The lowest BCUT2D eigenvalue weighted by Crippen LogP contribution is -2.06. The first-order valence-corrected chi connectivity index (χ1v) is 5.59. The predicted octanol–water partition coefficient (Wildman–Crippen LogP) is 2.48. The zero-order valence-electron chi connectivity index (χ0n) is 9.77. The minimum atomic E-state index is 0.509. The van der Waals surface area contributed by atoms with Crippen LogP contribution in [0.5, 0.6) is 5.75 Å². The van der Waals surface area contributed by atoms with Gasteiger partial charge in [-0.15, -0.1) is 0 Å². The molecule has 0 spiro atoms. The molecule has 0 unspecified atom stereocenters. The summed E-state index contributed by atoms with van der Waals surface area (Å²) in [6, 6.07) is 5.68. The first-order valence-electron chi connectivity index (χ1n) is 5.22. The summed E-state index contributed by atoms with van der Waals surface area (Å²) in [6.07, 6.45) is 1.75. The van der Waals surface area contributed by atoms with Crippen molar-refractivity contribution in [1.29, 1.82) is 0 Å². The fourth-order valence-corrected chi connectivity index (χ4v) is 1.96. The molecule has 2 N–H and O–H groups in total. The molecule has 90 valence electrons. The van der Waals surface area contributed by atoms with Crippen molar-refractivity contribution < 1.29 is 4.74 Å². The van der Waals surface area contributed by atoms with Gasteiger partial charge in [0.25, 0.3) is 0 Å². The molecule has 0 aliphatic carbocycles. The van der Waals surface area contributed by atoms with E-state index in [9.17, 15) is 0 Å². The number of hydrogen-bond donors (Lipinski definition) is 1. The van der Waals surface area contributed by atoms with Crippen LogP contribution in [-0.4, -0.2) is 16.7 Å². The van der Waals surface area contributed by atoms with Gasteiger partial charge in [0.15, 0.2) is 0 Å². The standard InChI is InChI=1S/C12H14ClN3O/c1-8-6-15-12(14)16(8)7-9-3-4-11(17-2)10(13)5-9/h3-6H,7H2,1-2H3,(H2,14,15). The Morgan fingerprint density at radius 3 is 2.76 bits per heavy atom. The van der Waals surface area contributed by atoms with E-state index in [1.54, 1.807) is 13.3 Å². The molecule has 0 bridgehead atoms. The Hall–Kier alpha value is -1.68. The van der Waals surface area contributed by atoms with Gasteiger partial charge in [-0.2, -0.15) is 0 Å². The highest BCUT2D eigenvalue weighted by Gasteiger charge is 2.06. The average Bonchev–Trinajstić information content (AvgIpc) is 2.61. The van der Waals surface area contributed by atoms with Gasteiger partial charge in [0.1, 0.15) is 5.75 Å². The van der Waals surface area contributed by atoms with Crippen molar-refractivity contribution in [1.82, 2.24) is 9.55 Å². The van der Waals surface area contributed by atoms with E-state index in [1.165, 1.54) is 0 Å². The fraction of sp³-hybridized carbons (Fsp3) is 0.250. The summed E-state index contributed by atoms with van der Waals surface area (Å²) in [6.45, 7) is 2.62. The number of imidazole rings is 1. The lowest BCUT2D eigenvalue weighted by Gasteiger charge is -2.09. The number of aryl methyl sites for hydroxylation is 1. The van der Waals surface area contributed by atoms with E-state index in [-0.39, 0.29) is 0 Å². The monoisotopic (exact) mass is 251 g/mol. The van der Waals surface area contributed by atoms with E-state index in [0.717, 1.165) is 11.3 Å². The van der Waals surface area contributed by atoms with Crippen molar-refractivity contribution >= 4 is 17.5 Å². The van der Waals surface area contributed by atoms with Crippen LogP contribution in [0.1, 0.15) is 11.3 Å². The van der Waals surface area contributed by atoms with Crippen molar-refractivity contribution in [3.8, 4) is 5.75 Å². The van der Waals surface area contributed by atoms with Crippen LogP contribution in [0, 0.1) is 6.92 Å². The van der Waals surface area contributed by atoms with Gasteiger partial charge < -0.3 is 15.0 Å². The first kappa shape index (κ1) is 11.8. The van der Waals surface area contributed by atoms with E-state index in [2.05, 4.69) is 4.98 Å². The zero-order chi connectivity index (χ0) is 12.4. The van der Waals surface area contributed by atoms with Crippen molar-refractivity contribution in [2.45, 2.75) is 13.5 Å². The molecule has 1 heterocycles. The van der Waals surface area contributed by atoms with E-state index < -0.39 is 0 Å². The van der Waals surface area contributed by atoms with E-state index in [1.807, 2.05) is 29.7 Å². The maximum atomic E-state index is 6.07. The van der Waals surface area contributed by atoms with Gasteiger partial charge in [-0.1, -0.05) is 17.7 Å². The summed E-state index contributed by atoms with van der Waals surface area (Å²) in [5.41, 5.74) is 7.86. The number of benzene rings is 1. The molecule has 2 aromatic rings. The lowest BCUT2D eigenvalue weighted by molar-refractivity contribution is 0.415. The number of rotatable bonds is 3. The SMILES string of the molecule is COc1ccc(Cn2c(C)cnc2N)cc1Cl. The Labute approximate surface area is 105 Å². The molecular weight excluding hydrogens is 238 g/mol. The van der Waals surface area contributed by atoms with E-state index in [4.69, 9.17) is 22.1 Å². The second-order valence-corrected chi connectivity index (χ2v) is 4.22. The molecule has 0 aliphatic rings. The van der Waals surface area contributed by atoms with Crippen molar-refractivity contribution in [2.75, 3.05) is 12.8 Å². The van der Waals surface area contributed by atoms with Crippen LogP contribution in [0.15, 0.2) is 24.4 Å². The van der Waals surface area contributed by atoms with Gasteiger partial charge >= 0.3 is 0 Å². The van der Waals surface area contributed by atoms with Crippen molar-refractivity contribution in [2.24, 2.45) is 0 Å². The summed E-state index contributed by atoms with van der Waals surface area (Å²) in [5.74, 6) is 1.18. The number of anilines is 1. The fourth-order valence-electron chi connectivity index (χ4n) is 1.68. The minimum absolute atomic E-state index is 0.509. The lowest BCUT2D eigenvalue weighted by atomic mass is 10.2. The Morgan fingerprint density at radius 1 is 1.47 bits per heavy atom. The highest BCUT2D eigenvalue weighted by Crippen LogP contribution is 2.25. The number of hydrogen-bond acceptors (Lipinski definition) is 3. The molecule has 5 heteroatoms. The van der Waals surface area contributed by atoms with Crippen molar-refractivity contribution in [3.63, 3.8) is 0 Å². The molecule has 0 atom stereocenters. The summed E-state index contributed by atoms with van der Waals surface area (Å²) in [7, 11) is 1.60. The Bertz CT molecular complexity index is 517. The summed E-state index contributed by atoms with van der Waals surface area (Å²) >= 11 is 6.07. The smallest absolute Gasteiger partial charge is 0.200 e. The Kier molecular flexibility index (Phi) is 3.24. The van der Waals surface area contributed by atoms with Crippen LogP contribution < -0.4 is 10.5 Å². The highest BCUT2D eigenvalue weighted by atomic mass is 35.5. The largest absolute Gasteiger partial charge is 0.495 e. The van der Waals surface area contributed by atoms with Gasteiger partial charge in [-0.3, -0.25) is 0 Å². The molecule has 0 saturated heterocycles. The van der Waals surface area contributed by atoms with Crippen LogP contribution in [0.4, 0.5) is 5.95 Å². The highest BCUT2D eigenvalue weighted by molar-refractivity contribution is 6.32. The molecule has 17 heavy (non-hydrogen) atoms.